The van der Waals surface area contributed by atoms with E-state index in [1.165, 1.54) is 0 Å². The van der Waals surface area contributed by atoms with Crippen LogP contribution in [0.25, 0.3) is 0 Å². The van der Waals surface area contributed by atoms with E-state index in [2.05, 4.69) is 5.10 Å². The maximum atomic E-state index is 10.5. The van der Waals surface area contributed by atoms with Crippen molar-refractivity contribution in [3.63, 3.8) is 0 Å². The number of nitrogens with two attached hydrogens (primary N) is 1. The first-order valence-corrected chi connectivity index (χ1v) is 5.86. The first-order valence-electron chi connectivity index (χ1n) is 5.86. The molecule has 4 N–H and O–H groups in total. The van der Waals surface area contributed by atoms with Gasteiger partial charge in [-0.05, 0) is 24.1 Å². The summed E-state index contributed by atoms with van der Waals surface area (Å²) < 4.78 is 1.61. The van der Waals surface area contributed by atoms with Crippen molar-refractivity contribution >= 4 is 11.8 Å². The van der Waals surface area contributed by atoms with E-state index in [1.807, 2.05) is 0 Å². The first-order chi connectivity index (χ1) is 9.06. The molecule has 0 radical (unpaired) electrons. The molecule has 1 heterocycles. The van der Waals surface area contributed by atoms with Gasteiger partial charge in [-0.3, -0.25) is 4.79 Å². The largest absolute Gasteiger partial charge is 0.508 e. The molecule has 1 aromatic carbocycles. The molecular formula is C13H15N3O3. The molecule has 100 valence electrons. The molecule has 0 aliphatic heterocycles. The molecule has 19 heavy (non-hydrogen) atoms. The van der Waals surface area contributed by atoms with Gasteiger partial charge < -0.3 is 15.9 Å². The number of carboxylic acids is 1. The van der Waals surface area contributed by atoms with Crippen LogP contribution in [0.15, 0.2) is 30.5 Å². The lowest BCUT2D eigenvalue weighted by Gasteiger charge is -2.05. The van der Waals surface area contributed by atoms with Crippen molar-refractivity contribution in [1.82, 2.24) is 9.78 Å². The van der Waals surface area contributed by atoms with Gasteiger partial charge in [0.1, 0.15) is 11.6 Å². The first kappa shape index (κ1) is 12.9. The fraction of sp³-hybridized carbons (Fsp3) is 0.231. The summed E-state index contributed by atoms with van der Waals surface area (Å²) in [5.74, 6) is -0.167. The van der Waals surface area contributed by atoms with Gasteiger partial charge in [0.2, 0.25) is 0 Å². The Labute approximate surface area is 110 Å². The number of phenols is 1. The van der Waals surface area contributed by atoms with Crippen LogP contribution < -0.4 is 5.73 Å². The van der Waals surface area contributed by atoms with Crippen LogP contribution >= 0.6 is 0 Å². The summed E-state index contributed by atoms with van der Waals surface area (Å²) in [6, 6.07) is 6.77. The molecule has 0 saturated heterocycles. The van der Waals surface area contributed by atoms with E-state index in [-0.39, 0.29) is 12.2 Å². The number of anilines is 1. The molecule has 0 spiro atoms. The predicted octanol–water partition coefficient (Wildman–Crippen LogP) is 1.24. The molecule has 0 bridgehead atoms. The SMILES string of the molecule is Nc1c(CCC(=O)O)cnn1Cc1ccc(O)cc1. The van der Waals surface area contributed by atoms with Crippen molar-refractivity contribution in [3.05, 3.63) is 41.6 Å². The van der Waals surface area contributed by atoms with Crippen molar-refractivity contribution in [1.29, 1.82) is 0 Å². The third-order valence-electron chi connectivity index (χ3n) is 2.84. The van der Waals surface area contributed by atoms with E-state index >= 15 is 0 Å². The molecule has 0 aliphatic carbocycles. The van der Waals surface area contributed by atoms with Crippen molar-refractivity contribution in [3.8, 4) is 5.75 Å². The van der Waals surface area contributed by atoms with Crippen LogP contribution in [0.4, 0.5) is 5.82 Å². The smallest absolute Gasteiger partial charge is 0.303 e. The fourth-order valence-corrected chi connectivity index (χ4v) is 1.77. The maximum absolute atomic E-state index is 10.5. The minimum atomic E-state index is -0.856. The number of hydrogen-bond donors (Lipinski definition) is 3. The highest BCUT2D eigenvalue weighted by molar-refractivity contribution is 5.67. The Kier molecular flexibility index (Phi) is 3.70. The maximum Gasteiger partial charge on any atom is 0.303 e. The summed E-state index contributed by atoms with van der Waals surface area (Å²) in [6.07, 6.45) is 2.00. The molecule has 0 amide bonds. The summed E-state index contributed by atoms with van der Waals surface area (Å²) in [5, 5.41) is 22.0. The summed E-state index contributed by atoms with van der Waals surface area (Å²) in [5.41, 5.74) is 7.62. The van der Waals surface area contributed by atoms with Gasteiger partial charge in [0.15, 0.2) is 0 Å². The Morgan fingerprint density at radius 3 is 2.63 bits per heavy atom. The second kappa shape index (κ2) is 5.43. The van der Waals surface area contributed by atoms with Crippen LogP contribution in [0, 0.1) is 0 Å². The quantitative estimate of drug-likeness (QED) is 0.751. The van der Waals surface area contributed by atoms with Crippen LogP contribution in [0.1, 0.15) is 17.5 Å². The Morgan fingerprint density at radius 1 is 1.32 bits per heavy atom. The summed E-state index contributed by atoms with van der Waals surface area (Å²) in [4.78, 5) is 10.5. The summed E-state index contributed by atoms with van der Waals surface area (Å²) in [6.45, 7) is 0.485. The van der Waals surface area contributed by atoms with E-state index in [1.54, 1.807) is 35.1 Å². The van der Waals surface area contributed by atoms with Crippen LogP contribution in [-0.2, 0) is 17.8 Å². The topological polar surface area (TPSA) is 101 Å². The number of carbonyl (C=O) groups is 1. The number of nitrogens with zero attached hydrogens (tertiary/aromatic N) is 2. The monoisotopic (exact) mass is 261 g/mol. The molecule has 0 saturated carbocycles. The molecule has 2 aromatic rings. The minimum absolute atomic E-state index is 0.0368. The number of rotatable bonds is 5. The third-order valence-corrected chi connectivity index (χ3v) is 2.84. The molecule has 0 unspecified atom stereocenters. The van der Waals surface area contributed by atoms with Crippen molar-refractivity contribution < 1.29 is 15.0 Å². The predicted molar refractivity (Wildman–Crippen MR) is 69.8 cm³/mol. The minimum Gasteiger partial charge on any atom is -0.508 e. The number of benzene rings is 1. The molecule has 6 heteroatoms. The van der Waals surface area contributed by atoms with E-state index < -0.39 is 5.97 Å². The second-order valence-electron chi connectivity index (χ2n) is 4.27. The van der Waals surface area contributed by atoms with Crippen LogP contribution in [0.3, 0.4) is 0 Å². The highest BCUT2D eigenvalue weighted by Gasteiger charge is 2.09. The van der Waals surface area contributed by atoms with Gasteiger partial charge in [-0.2, -0.15) is 5.10 Å². The fourth-order valence-electron chi connectivity index (χ4n) is 1.77. The lowest BCUT2D eigenvalue weighted by atomic mass is 10.2. The molecule has 0 atom stereocenters. The highest BCUT2D eigenvalue weighted by atomic mass is 16.4. The average molecular weight is 261 g/mol. The van der Waals surface area contributed by atoms with Crippen LogP contribution in [0.5, 0.6) is 5.75 Å². The van der Waals surface area contributed by atoms with Gasteiger partial charge in [0.05, 0.1) is 12.7 Å². The Balaban J connectivity index is 2.09. The molecule has 6 nitrogen and oxygen atoms in total. The van der Waals surface area contributed by atoms with Crippen molar-refractivity contribution in [2.45, 2.75) is 19.4 Å². The van der Waals surface area contributed by atoms with E-state index in [9.17, 15) is 9.90 Å². The summed E-state index contributed by atoms with van der Waals surface area (Å²) in [7, 11) is 0. The Hall–Kier alpha value is -2.50. The zero-order valence-electron chi connectivity index (χ0n) is 10.3. The standard InChI is InChI=1S/C13H15N3O3/c14-13-10(3-6-12(18)19)7-15-16(13)8-9-1-4-11(17)5-2-9/h1-2,4-5,7,17H,3,6,8,14H2,(H,18,19). The number of aromatic nitrogens is 2. The number of nitrogen functional groups attached to an aromatic ring is 1. The van der Waals surface area contributed by atoms with Gasteiger partial charge in [-0.25, -0.2) is 4.68 Å². The molecule has 1 aromatic heterocycles. The Morgan fingerprint density at radius 2 is 2.00 bits per heavy atom. The number of carboxylic acid groups (broad SMARTS) is 1. The Bertz CT molecular complexity index is 575. The lowest BCUT2D eigenvalue weighted by molar-refractivity contribution is -0.136. The van der Waals surface area contributed by atoms with E-state index in [4.69, 9.17) is 10.8 Å². The van der Waals surface area contributed by atoms with Gasteiger partial charge in [0.25, 0.3) is 0 Å². The number of aromatic hydroxyl groups is 1. The van der Waals surface area contributed by atoms with Crippen LogP contribution in [-0.4, -0.2) is 26.0 Å². The number of phenolic OH excluding ortho intramolecular Hbond substituents is 1. The summed E-state index contributed by atoms with van der Waals surface area (Å²) >= 11 is 0. The number of aliphatic carboxylic acids is 1. The number of hydrogen-bond acceptors (Lipinski definition) is 4. The molecule has 0 aliphatic rings. The molecular weight excluding hydrogens is 246 g/mol. The van der Waals surface area contributed by atoms with Crippen molar-refractivity contribution in [2.24, 2.45) is 0 Å². The van der Waals surface area contributed by atoms with E-state index in [0.29, 0.717) is 18.8 Å². The highest BCUT2D eigenvalue weighted by Crippen LogP contribution is 2.16. The zero-order valence-corrected chi connectivity index (χ0v) is 10.3. The lowest BCUT2D eigenvalue weighted by Crippen LogP contribution is -2.07. The average Bonchev–Trinajstić information content (AvgIpc) is 2.71. The van der Waals surface area contributed by atoms with Gasteiger partial charge in [-0.1, -0.05) is 12.1 Å². The van der Waals surface area contributed by atoms with Gasteiger partial charge >= 0.3 is 5.97 Å². The zero-order chi connectivity index (χ0) is 13.8. The van der Waals surface area contributed by atoms with Gasteiger partial charge in [0, 0.05) is 12.0 Å². The third kappa shape index (κ3) is 3.25. The van der Waals surface area contributed by atoms with Crippen molar-refractivity contribution in [2.75, 3.05) is 5.73 Å². The second-order valence-corrected chi connectivity index (χ2v) is 4.27. The van der Waals surface area contributed by atoms with Crippen LogP contribution in [0.2, 0.25) is 0 Å². The number of aryl methyl sites for hydroxylation is 1. The van der Waals surface area contributed by atoms with E-state index in [0.717, 1.165) is 11.1 Å². The molecule has 0 fully saturated rings. The van der Waals surface area contributed by atoms with Gasteiger partial charge in [-0.15, -0.1) is 0 Å². The normalized spacial score (nSPS) is 10.5. The molecule has 2 rings (SSSR count).